The van der Waals surface area contributed by atoms with Gasteiger partial charge in [0.1, 0.15) is 6.10 Å². The second-order valence-electron chi connectivity index (χ2n) is 8.59. The van der Waals surface area contributed by atoms with Crippen LogP contribution < -0.4 is 21.8 Å². The Hall–Kier alpha value is -2.15. The summed E-state index contributed by atoms with van der Waals surface area (Å²) in [6, 6.07) is 20.8. The van der Waals surface area contributed by atoms with Crippen LogP contribution in [0.2, 0.25) is 5.04 Å². The molecule has 0 aliphatic heterocycles. The van der Waals surface area contributed by atoms with E-state index in [4.69, 9.17) is 20.6 Å². The van der Waals surface area contributed by atoms with Crippen LogP contribution in [0.15, 0.2) is 60.7 Å². The van der Waals surface area contributed by atoms with E-state index in [-0.39, 0.29) is 17.7 Å². The zero-order chi connectivity index (χ0) is 21.5. The topological polar surface area (TPSA) is 87.6 Å². The number of hydrogen-bond acceptors (Lipinski definition) is 4. The third-order valence-electron chi connectivity index (χ3n) is 5.13. The van der Waals surface area contributed by atoms with Gasteiger partial charge in [0.15, 0.2) is 0 Å². The summed E-state index contributed by atoms with van der Waals surface area (Å²) in [4.78, 5) is 11.4. The molecule has 0 heterocycles. The fourth-order valence-corrected chi connectivity index (χ4v) is 8.36. The van der Waals surface area contributed by atoms with Gasteiger partial charge in [-0.3, -0.25) is 0 Å². The first-order valence-electron chi connectivity index (χ1n) is 10.1. The number of rotatable bonds is 9. The molecule has 6 heteroatoms. The molecule has 2 aromatic carbocycles. The molecule has 2 aromatic rings. The SMILES string of the molecule is CC(N)CC[C@@H](CO[Si](c1ccccc1)(c1ccccc1)C(C)(C)C)OC(N)=O. The molecule has 2 atom stereocenters. The molecule has 0 spiro atoms. The van der Waals surface area contributed by atoms with E-state index in [0.29, 0.717) is 6.42 Å². The maximum Gasteiger partial charge on any atom is 0.404 e. The standard InChI is InChI=1S/C23H34N2O3Si/c1-18(24)15-16-19(28-22(25)26)17-27-29(23(2,3)4,20-11-7-5-8-12-20)21-13-9-6-10-14-21/h5-14,18-19H,15-17,24H2,1-4H3,(H2,25,26)/t18?,19-/m0/s1. The predicted octanol–water partition coefficient (Wildman–Crippen LogP) is 3.15. The maximum atomic E-state index is 11.4. The van der Waals surface area contributed by atoms with Crippen LogP contribution >= 0.6 is 0 Å². The van der Waals surface area contributed by atoms with Crippen molar-refractivity contribution in [1.82, 2.24) is 0 Å². The molecule has 0 fully saturated rings. The van der Waals surface area contributed by atoms with Crippen molar-refractivity contribution in [3.8, 4) is 0 Å². The van der Waals surface area contributed by atoms with E-state index in [0.717, 1.165) is 6.42 Å². The summed E-state index contributed by atoms with van der Waals surface area (Å²) in [5.74, 6) is 0. The van der Waals surface area contributed by atoms with Gasteiger partial charge in [-0.2, -0.15) is 0 Å². The highest BCUT2D eigenvalue weighted by Crippen LogP contribution is 2.37. The number of ether oxygens (including phenoxy) is 1. The van der Waals surface area contributed by atoms with Crippen LogP contribution in [0.5, 0.6) is 0 Å². The van der Waals surface area contributed by atoms with Gasteiger partial charge in [0.25, 0.3) is 8.32 Å². The number of carbonyl (C=O) groups is 1. The molecule has 2 rings (SSSR count). The van der Waals surface area contributed by atoms with Crippen LogP contribution in [0.3, 0.4) is 0 Å². The lowest BCUT2D eigenvalue weighted by Gasteiger charge is -2.43. The quantitative estimate of drug-likeness (QED) is 0.617. The fourth-order valence-electron chi connectivity index (χ4n) is 3.77. The third-order valence-corrected chi connectivity index (χ3v) is 10.1. The molecule has 0 saturated carbocycles. The Balaban J connectivity index is 2.45. The van der Waals surface area contributed by atoms with Crippen LogP contribution in [0.1, 0.15) is 40.5 Å². The molecule has 0 aliphatic rings. The molecule has 0 bridgehead atoms. The van der Waals surface area contributed by atoms with Crippen LogP contribution in [0, 0.1) is 0 Å². The van der Waals surface area contributed by atoms with Crippen molar-refractivity contribution >= 4 is 24.8 Å². The summed E-state index contributed by atoms with van der Waals surface area (Å²) in [6.45, 7) is 8.86. The van der Waals surface area contributed by atoms with Gasteiger partial charge in [-0.25, -0.2) is 4.79 Å². The molecule has 1 unspecified atom stereocenters. The molecule has 5 nitrogen and oxygen atoms in total. The monoisotopic (exact) mass is 414 g/mol. The summed E-state index contributed by atoms with van der Waals surface area (Å²) in [7, 11) is -2.68. The number of hydrogen-bond donors (Lipinski definition) is 2. The summed E-state index contributed by atoms with van der Waals surface area (Å²) in [6.07, 6.45) is 0.117. The summed E-state index contributed by atoms with van der Waals surface area (Å²) < 4.78 is 12.2. The predicted molar refractivity (Wildman–Crippen MR) is 121 cm³/mol. The number of nitrogens with two attached hydrogens (primary N) is 2. The molecular formula is C23H34N2O3Si. The number of amides is 1. The van der Waals surface area contributed by atoms with E-state index in [1.165, 1.54) is 10.4 Å². The molecular weight excluding hydrogens is 380 g/mol. The third kappa shape index (κ3) is 5.92. The zero-order valence-corrected chi connectivity index (χ0v) is 18.9. The molecule has 0 aromatic heterocycles. The van der Waals surface area contributed by atoms with Crippen LogP contribution in [0.4, 0.5) is 4.79 Å². The van der Waals surface area contributed by atoms with Gasteiger partial charge in [-0.05, 0) is 35.2 Å². The smallest absolute Gasteiger partial charge is 0.404 e. The largest absolute Gasteiger partial charge is 0.444 e. The number of benzene rings is 2. The second-order valence-corrected chi connectivity index (χ2v) is 12.9. The average molecular weight is 415 g/mol. The van der Waals surface area contributed by atoms with Gasteiger partial charge >= 0.3 is 6.09 Å². The number of primary amides is 1. The summed E-state index contributed by atoms with van der Waals surface area (Å²) in [5, 5.41) is 2.22. The Labute approximate surface area is 175 Å². The van der Waals surface area contributed by atoms with Crippen molar-refractivity contribution in [2.45, 2.75) is 57.7 Å². The highest BCUT2D eigenvalue weighted by Gasteiger charge is 2.50. The molecule has 158 valence electrons. The normalized spacial score (nSPS) is 14.2. The molecule has 1 amide bonds. The minimum atomic E-state index is -2.68. The molecule has 29 heavy (non-hydrogen) atoms. The Morgan fingerprint density at radius 2 is 1.45 bits per heavy atom. The van der Waals surface area contributed by atoms with E-state index >= 15 is 0 Å². The van der Waals surface area contributed by atoms with E-state index in [1.54, 1.807) is 0 Å². The van der Waals surface area contributed by atoms with E-state index < -0.39 is 20.5 Å². The zero-order valence-electron chi connectivity index (χ0n) is 17.9. The Morgan fingerprint density at radius 1 is 0.966 bits per heavy atom. The molecule has 0 aliphatic carbocycles. The van der Waals surface area contributed by atoms with Gasteiger partial charge < -0.3 is 20.6 Å². The first-order chi connectivity index (χ1) is 13.7. The van der Waals surface area contributed by atoms with Crippen molar-refractivity contribution in [2.24, 2.45) is 11.5 Å². The second kappa shape index (κ2) is 10.0. The van der Waals surface area contributed by atoms with Crippen molar-refractivity contribution < 1.29 is 14.0 Å². The summed E-state index contributed by atoms with van der Waals surface area (Å²) in [5.41, 5.74) is 11.2. The highest BCUT2D eigenvalue weighted by atomic mass is 28.4. The van der Waals surface area contributed by atoms with Gasteiger partial charge in [-0.1, -0.05) is 81.4 Å². The Kier molecular flexibility index (Phi) is 8.02. The lowest BCUT2D eigenvalue weighted by Crippen LogP contribution is -2.67. The molecule has 0 radical (unpaired) electrons. The molecule has 4 N–H and O–H groups in total. The lowest BCUT2D eigenvalue weighted by atomic mass is 10.1. The fraction of sp³-hybridized carbons (Fsp3) is 0.435. The van der Waals surface area contributed by atoms with Crippen molar-refractivity contribution in [1.29, 1.82) is 0 Å². The minimum Gasteiger partial charge on any atom is -0.444 e. The molecule has 0 saturated heterocycles. The first kappa shape index (κ1) is 23.1. The van der Waals surface area contributed by atoms with E-state index in [2.05, 4.69) is 45.0 Å². The van der Waals surface area contributed by atoms with Crippen LogP contribution in [0.25, 0.3) is 0 Å². The van der Waals surface area contributed by atoms with Gasteiger partial charge in [0, 0.05) is 6.04 Å². The van der Waals surface area contributed by atoms with Crippen LogP contribution in [-0.2, 0) is 9.16 Å². The van der Waals surface area contributed by atoms with Crippen molar-refractivity contribution in [3.05, 3.63) is 60.7 Å². The van der Waals surface area contributed by atoms with Crippen LogP contribution in [-0.4, -0.2) is 33.2 Å². The first-order valence-corrected chi connectivity index (χ1v) is 12.0. The average Bonchev–Trinajstić information content (AvgIpc) is 2.66. The number of carbonyl (C=O) groups excluding carboxylic acids is 1. The highest BCUT2D eigenvalue weighted by molar-refractivity contribution is 6.99. The summed E-state index contributed by atoms with van der Waals surface area (Å²) >= 11 is 0. The van der Waals surface area contributed by atoms with Gasteiger partial charge in [-0.15, -0.1) is 0 Å². The lowest BCUT2D eigenvalue weighted by molar-refractivity contribution is 0.0614. The van der Waals surface area contributed by atoms with Gasteiger partial charge in [0.05, 0.1) is 6.61 Å². The maximum absolute atomic E-state index is 11.4. The Bertz CT molecular complexity index is 721. The Morgan fingerprint density at radius 3 is 1.83 bits per heavy atom. The van der Waals surface area contributed by atoms with E-state index in [9.17, 15) is 4.79 Å². The van der Waals surface area contributed by atoms with Gasteiger partial charge in [0.2, 0.25) is 0 Å². The van der Waals surface area contributed by atoms with E-state index in [1.807, 2.05) is 43.3 Å². The van der Waals surface area contributed by atoms with Crippen molar-refractivity contribution in [3.63, 3.8) is 0 Å². The van der Waals surface area contributed by atoms with Crippen molar-refractivity contribution in [2.75, 3.05) is 6.61 Å². The minimum absolute atomic E-state index is 0.0156.